The summed E-state index contributed by atoms with van der Waals surface area (Å²) in [5, 5.41) is 3.47. The summed E-state index contributed by atoms with van der Waals surface area (Å²) in [6.45, 7) is 9.33. The highest BCUT2D eigenvalue weighted by Crippen LogP contribution is 2.28. The van der Waals surface area contributed by atoms with Crippen LogP contribution >= 0.6 is 0 Å². The van der Waals surface area contributed by atoms with Crippen molar-refractivity contribution in [1.82, 2.24) is 5.32 Å². The summed E-state index contributed by atoms with van der Waals surface area (Å²) in [5.41, 5.74) is 5.72. The van der Waals surface area contributed by atoms with E-state index < -0.39 is 0 Å². The molecule has 0 saturated carbocycles. The number of hydrogen-bond acceptors (Lipinski definition) is 1. The van der Waals surface area contributed by atoms with Crippen molar-refractivity contribution in [2.75, 3.05) is 6.54 Å². The van der Waals surface area contributed by atoms with Gasteiger partial charge in [-0.15, -0.1) is 6.58 Å². The van der Waals surface area contributed by atoms with Crippen molar-refractivity contribution >= 4 is 0 Å². The van der Waals surface area contributed by atoms with Gasteiger partial charge in [-0.1, -0.05) is 18.2 Å². The Morgan fingerprint density at radius 3 is 2.93 bits per heavy atom. The molecule has 2 rings (SSSR count). The van der Waals surface area contributed by atoms with E-state index in [1.165, 1.54) is 22.3 Å². The molecule has 1 aliphatic heterocycles. The maximum absolute atomic E-state index is 3.89. The zero-order valence-corrected chi connectivity index (χ0v) is 8.93. The van der Waals surface area contributed by atoms with Gasteiger partial charge < -0.3 is 5.32 Å². The van der Waals surface area contributed by atoms with Crippen LogP contribution in [0.25, 0.3) is 0 Å². The van der Waals surface area contributed by atoms with Gasteiger partial charge in [0.25, 0.3) is 0 Å². The lowest BCUT2D eigenvalue weighted by Crippen LogP contribution is -2.29. The molecule has 0 spiro atoms. The van der Waals surface area contributed by atoms with Crippen molar-refractivity contribution < 1.29 is 0 Å². The Labute approximate surface area is 85.8 Å². The first-order valence-electron chi connectivity index (χ1n) is 5.19. The van der Waals surface area contributed by atoms with Gasteiger partial charge in [0.2, 0.25) is 0 Å². The first-order chi connectivity index (χ1) is 6.74. The number of aryl methyl sites for hydroxylation is 1. The standard InChI is InChI=1S/C13H17N/c1-4-12-13-10(3)9(2)5-6-11(13)7-8-14-12/h4-6,12,14H,1,7-8H2,2-3H3. The summed E-state index contributed by atoms with van der Waals surface area (Å²) >= 11 is 0. The molecule has 74 valence electrons. The molecule has 1 aromatic carbocycles. The Kier molecular flexibility index (Phi) is 2.42. The fraction of sp³-hybridized carbons (Fsp3) is 0.385. The third kappa shape index (κ3) is 1.38. The Morgan fingerprint density at radius 2 is 2.21 bits per heavy atom. The Hall–Kier alpha value is -1.08. The van der Waals surface area contributed by atoms with Gasteiger partial charge in [0, 0.05) is 6.54 Å². The van der Waals surface area contributed by atoms with E-state index in [0.29, 0.717) is 6.04 Å². The highest BCUT2D eigenvalue weighted by molar-refractivity contribution is 5.44. The van der Waals surface area contributed by atoms with Crippen LogP contribution in [0, 0.1) is 13.8 Å². The van der Waals surface area contributed by atoms with Gasteiger partial charge in [-0.05, 0) is 42.5 Å². The molecule has 1 heterocycles. The molecule has 0 amide bonds. The lowest BCUT2D eigenvalue weighted by Gasteiger charge is -2.27. The topological polar surface area (TPSA) is 12.0 Å². The highest BCUT2D eigenvalue weighted by atomic mass is 14.9. The van der Waals surface area contributed by atoms with E-state index in [-0.39, 0.29) is 0 Å². The van der Waals surface area contributed by atoms with Crippen LogP contribution in [0.3, 0.4) is 0 Å². The predicted octanol–water partition coefficient (Wildman–Crippen LogP) is 2.68. The van der Waals surface area contributed by atoms with Gasteiger partial charge in [0.1, 0.15) is 0 Å². The monoisotopic (exact) mass is 187 g/mol. The zero-order chi connectivity index (χ0) is 10.1. The van der Waals surface area contributed by atoms with Crippen LogP contribution in [0.2, 0.25) is 0 Å². The second kappa shape index (κ2) is 3.58. The average molecular weight is 187 g/mol. The minimum atomic E-state index is 0.346. The Morgan fingerprint density at radius 1 is 1.43 bits per heavy atom. The summed E-state index contributed by atoms with van der Waals surface area (Å²) in [7, 11) is 0. The molecule has 1 heteroatoms. The van der Waals surface area contributed by atoms with Crippen LogP contribution in [0.15, 0.2) is 24.8 Å². The van der Waals surface area contributed by atoms with Gasteiger partial charge >= 0.3 is 0 Å². The van der Waals surface area contributed by atoms with E-state index >= 15 is 0 Å². The van der Waals surface area contributed by atoms with Crippen LogP contribution in [-0.4, -0.2) is 6.54 Å². The van der Waals surface area contributed by atoms with Crippen LogP contribution in [0.4, 0.5) is 0 Å². The first-order valence-corrected chi connectivity index (χ1v) is 5.19. The normalized spacial score (nSPS) is 20.3. The summed E-state index contributed by atoms with van der Waals surface area (Å²) in [5.74, 6) is 0. The van der Waals surface area contributed by atoms with Gasteiger partial charge in [0.15, 0.2) is 0 Å². The molecule has 1 aromatic rings. The lowest BCUT2D eigenvalue weighted by molar-refractivity contribution is 0.578. The molecule has 1 unspecified atom stereocenters. The molecule has 1 atom stereocenters. The second-order valence-electron chi connectivity index (χ2n) is 4.00. The van der Waals surface area contributed by atoms with E-state index in [2.05, 4.69) is 37.9 Å². The second-order valence-corrected chi connectivity index (χ2v) is 4.00. The maximum Gasteiger partial charge on any atom is 0.0509 e. The van der Waals surface area contributed by atoms with Gasteiger partial charge in [-0.3, -0.25) is 0 Å². The maximum atomic E-state index is 3.89. The molecule has 0 radical (unpaired) electrons. The zero-order valence-electron chi connectivity index (χ0n) is 8.93. The van der Waals surface area contributed by atoms with Gasteiger partial charge in [0.05, 0.1) is 6.04 Å². The van der Waals surface area contributed by atoms with Crippen molar-refractivity contribution in [3.05, 3.63) is 47.0 Å². The number of benzene rings is 1. The number of rotatable bonds is 1. The summed E-state index contributed by atoms with van der Waals surface area (Å²) in [4.78, 5) is 0. The molecule has 0 aromatic heterocycles. The lowest BCUT2D eigenvalue weighted by atomic mass is 9.88. The molecular weight excluding hydrogens is 170 g/mol. The largest absolute Gasteiger partial charge is 0.306 e. The minimum Gasteiger partial charge on any atom is -0.306 e. The van der Waals surface area contributed by atoms with Crippen molar-refractivity contribution in [3.63, 3.8) is 0 Å². The van der Waals surface area contributed by atoms with Crippen molar-refractivity contribution in [2.24, 2.45) is 0 Å². The Balaban J connectivity index is 2.58. The summed E-state index contributed by atoms with van der Waals surface area (Å²) in [6.07, 6.45) is 3.14. The molecular formula is C13H17N. The number of fused-ring (bicyclic) bond motifs is 1. The van der Waals surface area contributed by atoms with Crippen molar-refractivity contribution in [2.45, 2.75) is 26.3 Å². The first kappa shape index (κ1) is 9.47. The smallest absolute Gasteiger partial charge is 0.0509 e. The van der Waals surface area contributed by atoms with Crippen LogP contribution in [-0.2, 0) is 6.42 Å². The fourth-order valence-electron chi connectivity index (χ4n) is 2.21. The summed E-state index contributed by atoms with van der Waals surface area (Å²) < 4.78 is 0. The SMILES string of the molecule is C=CC1NCCc2ccc(C)c(C)c21. The predicted molar refractivity (Wildman–Crippen MR) is 60.6 cm³/mol. The average Bonchev–Trinajstić information content (AvgIpc) is 2.23. The quantitative estimate of drug-likeness (QED) is 0.666. The fourth-order valence-corrected chi connectivity index (χ4v) is 2.21. The van der Waals surface area contributed by atoms with E-state index in [0.717, 1.165) is 13.0 Å². The molecule has 0 bridgehead atoms. The molecule has 14 heavy (non-hydrogen) atoms. The third-order valence-electron chi connectivity index (χ3n) is 3.18. The molecule has 0 aliphatic carbocycles. The molecule has 1 N–H and O–H groups in total. The van der Waals surface area contributed by atoms with Crippen molar-refractivity contribution in [3.8, 4) is 0 Å². The number of hydrogen-bond donors (Lipinski definition) is 1. The van der Waals surface area contributed by atoms with E-state index in [9.17, 15) is 0 Å². The van der Waals surface area contributed by atoms with Gasteiger partial charge in [-0.2, -0.15) is 0 Å². The Bertz CT molecular complexity index is 366. The van der Waals surface area contributed by atoms with Crippen molar-refractivity contribution in [1.29, 1.82) is 0 Å². The number of nitrogens with one attached hydrogen (secondary N) is 1. The van der Waals surface area contributed by atoms with Crippen LogP contribution < -0.4 is 5.32 Å². The van der Waals surface area contributed by atoms with E-state index in [1.807, 2.05) is 6.08 Å². The molecule has 1 aliphatic rings. The van der Waals surface area contributed by atoms with Crippen LogP contribution in [0.5, 0.6) is 0 Å². The molecule has 1 nitrogen and oxygen atoms in total. The molecule has 0 fully saturated rings. The third-order valence-corrected chi connectivity index (χ3v) is 3.18. The summed E-state index contributed by atoms with van der Waals surface area (Å²) in [6, 6.07) is 4.83. The highest BCUT2D eigenvalue weighted by Gasteiger charge is 2.19. The minimum absolute atomic E-state index is 0.346. The van der Waals surface area contributed by atoms with Gasteiger partial charge in [-0.25, -0.2) is 0 Å². The van der Waals surface area contributed by atoms with E-state index in [4.69, 9.17) is 0 Å². The molecule has 0 saturated heterocycles. The van der Waals surface area contributed by atoms with E-state index in [1.54, 1.807) is 0 Å². The van der Waals surface area contributed by atoms with Crippen LogP contribution in [0.1, 0.15) is 28.3 Å².